The molecule has 2 rings (SSSR count). The monoisotopic (exact) mass is 284 g/mol. The quantitative estimate of drug-likeness (QED) is 0.819. The molecule has 0 radical (unpaired) electrons. The molecule has 1 amide bonds. The zero-order valence-corrected chi connectivity index (χ0v) is 11.6. The van der Waals surface area contributed by atoms with E-state index in [1.807, 2.05) is 7.05 Å². The second kappa shape index (κ2) is 6.36. The molecular formula is C13H17FN2O2S. The molecule has 1 N–H and O–H groups in total. The molecule has 0 saturated carbocycles. The number of benzene rings is 1. The minimum absolute atomic E-state index is 0.00128. The minimum atomic E-state index is -0.433. The molecule has 1 atom stereocenters. The van der Waals surface area contributed by atoms with E-state index in [1.165, 1.54) is 18.2 Å². The van der Waals surface area contributed by atoms with E-state index in [1.54, 1.807) is 0 Å². The van der Waals surface area contributed by atoms with Gasteiger partial charge in [0, 0.05) is 30.1 Å². The van der Waals surface area contributed by atoms with Crippen LogP contribution >= 0.6 is 12.6 Å². The second-order valence-electron chi connectivity index (χ2n) is 4.63. The Morgan fingerprint density at radius 1 is 1.63 bits per heavy atom. The second-order valence-corrected chi connectivity index (χ2v) is 5.11. The number of hydrogen-bond donors (Lipinski definition) is 2. The van der Waals surface area contributed by atoms with Crippen LogP contribution in [-0.2, 0) is 4.74 Å². The zero-order chi connectivity index (χ0) is 13.8. The molecule has 19 heavy (non-hydrogen) atoms. The van der Waals surface area contributed by atoms with Crippen LogP contribution < -0.4 is 5.32 Å². The van der Waals surface area contributed by atoms with Gasteiger partial charge in [-0.3, -0.25) is 4.79 Å². The molecule has 1 fully saturated rings. The average Bonchev–Trinajstić information content (AvgIpc) is 2.39. The van der Waals surface area contributed by atoms with Crippen molar-refractivity contribution in [3.63, 3.8) is 0 Å². The first kappa shape index (κ1) is 14.3. The summed E-state index contributed by atoms with van der Waals surface area (Å²) in [5.41, 5.74) is 0.399. The first-order valence-electron chi connectivity index (χ1n) is 6.13. The maximum atomic E-state index is 13.0. The Balaban J connectivity index is 1.88. The summed E-state index contributed by atoms with van der Waals surface area (Å²) < 4.78 is 18.6. The summed E-state index contributed by atoms with van der Waals surface area (Å²) in [5.74, 6) is -0.677. The SMILES string of the molecule is CN1CCOC(CNC(=O)c2ccc(F)c(S)c2)C1. The van der Waals surface area contributed by atoms with Crippen molar-refractivity contribution < 1.29 is 13.9 Å². The highest BCUT2D eigenvalue weighted by molar-refractivity contribution is 7.80. The smallest absolute Gasteiger partial charge is 0.251 e. The van der Waals surface area contributed by atoms with E-state index in [9.17, 15) is 9.18 Å². The van der Waals surface area contributed by atoms with Crippen LogP contribution in [0.25, 0.3) is 0 Å². The molecule has 1 aromatic rings. The lowest BCUT2D eigenvalue weighted by Gasteiger charge is -2.30. The van der Waals surface area contributed by atoms with Crippen molar-refractivity contribution in [3.05, 3.63) is 29.6 Å². The van der Waals surface area contributed by atoms with Crippen LogP contribution in [0.15, 0.2) is 23.1 Å². The number of carbonyl (C=O) groups excluding carboxylic acids is 1. The number of amides is 1. The molecular weight excluding hydrogens is 267 g/mol. The van der Waals surface area contributed by atoms with Crippen molar-refractivity contribution in [3.8, 4) is 0 Å². The zero-order valence-electron chi connectivity index (χ0n) is 10.7. The lowest BCUT2D eigenvalue weighted by molar-refractivity contribution is -0.0175. The fourth-order valence-electron chi connectivity index (χ4n) is 1.95. The fraction of sp³-hybridized carbons (Fsp3) is 0.462. The highest BCUT2D eigenvalue weighted by atomic mass is 32.1. The van der Waals surface area contributed by atoms with Gasteiger partial charge < -0.3 is 15.0 Å². The van der Waals surface area contributed by atoms with Crippen LogP contribution in [-0.4, -0.2) is 50.2 Å². The number of likely N-dealkylation sites (N-methyl/N-ethyl adjacent to an activating group) is 1. The number of thiol groups is 1. The van der Waals surface area contributed by atoms with Gasteiger partial charge in [-0.2, -0.15) is 0 Å². The maximum Gasteiger partial charge on any atom is 0.251 e. The highest BCUT2D eigenvalue weighted by Crippen LogP contribution is 2.14. The predicted octanol–water partition coefficient (Wildman–Crippen LogP) is 1.17. The Morgan fingerprint density at radius 2 is 2.42 bits per heavy atom. The lowest BCUT2D eigenvalue weighted by atomic mass is 10.2. The number of carbonyl (C=O) groups is 1. The Hall–Kier alpha value is -1.11. The normalized spacial score (nSPS) is 20.3. The molecule has 1 aromatic carbocycles. The summed E-state index contributed by atoms with van der Waals surface area (Å²) in [6.45, 7) is 2.82. The van der Waals surface area contributed by atoms with Crippen molar-refractivity contribution >= 4 is 18.5 Å². The lowest BCUT2D eigenvalue weighted by Crippen LogP contribution is -2.45. The van der Waals surface area contributed by atoms with Gasteiger partial charge in [0.25, 0.3) is 5.91 Å². The number of ether oxygens (including phenoxy) is 1. The number of nitrogens with zero attached hydrogens (tertiary/aromatic N) is 1. The summed E-state index contributed by atoms with van der Waals surface area (Å²) in [6.07, 6.45) is -0.00128. The topological polar surface area (TPSA) is 41.6 Å². The summed E-state index contributed by atoms with van der Waals surface area (Å²) >= 11 is 3.96. The van der Waals surface area contributed by atoms with Gasteiger partial charge >= 0.3 is 0 Å². The van der Waals surface area contributed by atoms with Crippen LogP contribution in [0.3, 0.4) is 0 Å². The summed E-state index contributed by atoms with van der Waals surface area (Å²) in [4.78, 5) is 14.2. The number of nitrogens with one attached hydrogen (secondary N) is 1. The van der Waals surface area contributed by atoms with Crippen LogP contribution in [0.2, 0.25) is 0 Å². The Kier molecular flexibility index (Phi) is 4.79. The van der Waals surface area contributed by atoms with Crippen LogP contribution in [0, 0.1) is 5.82 Å². The first-order valence-corrected chi connectivity index (χ1v) is 6.58. The van der Waals surface area contributed by atoms with E-state index >= 15 is 0 Å². The fourth-order valence-corrected chi connectivity index (χ4v) is 2.17. The third-order valence-corrected chi connectivity index (χ3v) is 3.38. The molecule has 1 unspecified atom stereocenters. The molecule has 1 aliphatic rings. The maximum absolute atomic E-state index is 13.0. The van der Waals surface area contributed by atoms with Gasteiger partial charge in [-0.1, -0.05) is 0 Å². The van der Waals surface area contributed by atoms with Gasteiger partial charge in [-0.15, -0.1) is 12.6 Å². The van der Waals surface area contributed by atoms with Gasteiger partial charge in [0.1, 0.15) is 5.82 Å². The minimum Gasteiger partial charge on any atom is -0.374 e. The van der Waals surface area contributed by atoms with Gasteiger partial charge in [0.15, 0.2) is 0 Å². The van der Waals surface area contributed by atoms with Crippen LogP contribution in [0.1, 0.15) is 10.4 Å². The summed E-state index contributed by atoms with van der Waals surface area (Å²) in [5, 5.41) is 2.79. The Morgan fingerprint density at radius 3 is 3.11 bits per heavy atom. The van der Waals surface area contributed by atoms with Crippen LogP contribution in [0.5, 0.6) is 0 Å². The first-order chi connectivity index (χ1) is 9.06. The van der Waals surface area contributed by atoms with Gasteiger partial charge in [-0.05, 0) is 25.2 Å². The van der Waals surface area contributed by atoms with E-state index in [2.05, 4.69) is 22.8 Å². The largest absolute Gasteiger partial charge is 0.374 e. The van der Waals surface area contributed by atoms with Gasteiger partial charge in [0.2, 0.25) is 0 Å². The molecule has 1 aliphatic heterocycles. The molecule has 0 spiro atoms. The van der Waals surface area contributed by atoms with Crippen molar-refractivity contribution in [2.24, 2.45) is 0 Å². The summed E-state index contributed by atoms with van der Waals surface area (Å²) in [6, 6.07) is 4.10. The molecule has 6 heteroatoms. The van der Waals surface area contributed by atoms with Crippen molar-refractivity contribution in [2.45, 2.75) is 11.0 Å². The molecule has 1 heterocycles. The predicted molar refractivity (Wildman–Crippen MR) is 73.2 cm³/mol. The van der Waals surface area contributed by atoms with E-state index in [0.717, 1.165) is 13.1 Å². The van der Waals surface area contributed by atoms with E-state index < -0.39 is 5.82 Å². The number of morpholine rings is 1. The molecule has 0 bridgehead atoms. The van der Waals surface area contributed by atoms with Gasteiger partial charge in [-0.25, -0.2) is 4.39 Å². The van der Waals surface area contributed by atoms with Crippen LogP contribution in [0.4, 0.5) is 4.39 Å². The Labute approximate surface area is 117 Å². The third kappa shape index (κ3) is 3.92. The van der Waals surface area contributed by atoms with Gasteiger partial charge in [0.05, 0.1) is 12.7 Å². The van der Waals surface area contributed by atoms with E-state index in [4.69, 9.17) is 4.74 Å². The average molecular weight is 284 g/mol. The van der Waals surface area contributed by atoms with E-state index in [-0.39, 0.29) is 16.9 Å². The van der Waals surface area contributed by atoms with E-state index in [0.29, 0.717) is 18.7 Å². The van der Waals surface area contributed by atoms with Crippen molar-refractivity contribution in [1.29, 1.82) is 0 Å². The molecule has 0 aliphatic carbocycles. The standard InChI is InChI=1S/C13H17FN2O2S/c1-16-4-5-18-10(8-16)7-15-13(17)9-2-3-11(14)12(19)6-9/h2-3,6,10,19H,4-5,7-8H2,1H3,(H,15,17). The van der Waals surface area contributed by atoms with Crippen molar-refractivity contribution in [1.82, 2.24) is 10.2 Å². The summed E-state index contributed by atoms with van der Waals surface area (Å²) in [7, 11) is 2.02. The number of hydrogen-bond acceptors (Lipinski definition) is 4. The third-order valence-electron chi connectivity index (χ3n) is 3.04. The molecule has 104 valence electrons. The number of rotatable bonds is 3. The highest BCUT2D eigenvalue weighted by Gasteiger charge is 2.18. The molecule has 0 aromatic heterocycles. The number of halogens is 1. The van der Waals surface area contributed by atoms with Crippen molar-refractivity contribution in [2.75, 3.05) is 33.3 Å². The Bertz CT molecular complexity index is 470. The molecule has 4 nitrogen and oxygen atoms in total. The molecule has 1 saturated heterocycles.